The number of thiocarbonyl (C=S) groups is 1. The second-order valence-electron chi connectivity index (χ2n) is 9.24. The number of pyridine rings is 1. The Kier molecular flexibility index (Phi) is 6.00. The molecule has 0 saturated carbocycles. The van der Waals surface area contributed by atoms with Crippen molar-refractivity contribution in [1.82, 2.24) is 14.9 Å². The average molecular weight is 527 g/mol. The van der Waals surface area contributed by atoms with E-state index >= 15 is 0 Å². The van der Waals surface area contributed by atoms with Gasteiger partial charge in [-0.05, 0) is 80.2 Å². The van der Waals surface area contributed by atoms with Crippen LogP contribution in [0.1, 0.15) is 45.1 Å². The first kappa shape index (κ1) is 24.0. The van der Waals surface area contributed by atoms with Gasteiger partial charge in [-0.25, -0.2) is 4.79 Å². The third-order valence-corrected chi connectivity index (χ3v) is 7.36. The highest BCUT2D eigenvalue weighted by Crippen LogP contribution is 2.46. The number of carbonyl (C=O) groups excluding carboxylic acids is 1. The lowest BCUT2D eigenvalue weighted by molar-refractivity contribution is 0.0600. The van der Waals surface area contributed by atoms with Gasteiger partial charge in [0, 0.05) is 35.0 Å². The van der Waals surface area contributed by atoms with Crippen LogP contribution in [0, 0.1) is 13.8 Å². The molecule has 2 aliphatic rings. The van der Waals surface area contributed by atoms with Crippen LogP contribution in [0.5, 0.6) is 11.5 Å². The highest BCUT2D eigenvalue weighted by atomic mass is 32.1. The standard InChI is InChI=1S/C29H26N4O4S/c1-17-13-22(18(2)32(17)20-8-6-7-19(14-20)28(34)35-3)27-26(23-9-4-5-12-30-23)31-29(38)33(27)21-10-11-24-25(15-21)37-16-36-24/h4-15,26-27H,16H2,1-3H3,(H,31,38)/t26-,27+/m1/s1. The van der Waals surface area contributed by atoms with Crippen molar-refractivity contribution < 1.29 is 19.0 Å². The number of fused-ring (bicyclic) bond motifs is 1. The molecule has 4 heterocycles. The number of rotatable bonds is 5. The first-order valence-corrected chi connectivity index (χ1v) is 12.6. The van der Waals surface area contributed by atoms with Gasteiger partial charge in [0.2, 0.25) is 6.79 Å². The van der Waals surface area contributed by atoms with Crippen LogP contribution < -0.4 is 19.7 Å². The van der Waals surface area contributed by atoms with Gasteiger partial charge in [0.15, 0.2) is 16.6 Å². The van der Waals surface area contributed by atoms with E-state index in [1.807, 2.05) is 54.6 Å². The number of nitrogens with zero attached hydrogens (tertiary/aromatic N) is 3. The summed E-state index contributed by atoms with van der Waals surface area (Å²) in [7, 11) is 1.39. The fourth-order valence-electron chi connectivity index (χ4n) is 5.36. The predicted molar refractivity (Wildman–Crippen MR) is 147 cm³/mol. The van der Waals surface area contributed by atoms with Gasteiger partial charge in [0.1, 0.15) is 0 Å². The molecule has 8 nitrogen and oxygen atoms in total. The molecule has 4 aromatic rings. The third-order valence-electron chi connectivity index (χ3n) is 7.05. The molecule has 0 aliphatic carbocycles. The molecule has 1 N–H and O–H groups in total. The van der Waals surface area contributed by atoms with Crippen molar-refractivity contribution in [2.75, 3.05) is 18.8 Å². The van der Waals surface area contributed by atoms with Crippen LogP contribution in [0.25, 0.3) is 5.69 Å². The smallest absolute Gasteiger partial charge is 0.337 e. The number of esters is 1. The lowest BCUT2D eigenvalue weighted by Crippen LogP contribution is -2.29. The van der Waals surface area contributed by atoms with E-state index in [2.05, 4.69) is 39.7 Å². The van der Waals surface area contributed by atoms with Crippen LogP contribution in [0.2, 0.25) is 0 Å². The summed E-state index contributed by atoms with van der Waals surface area (Å²) in [5.41, 5.74) is 6.32. The summed E-state index contributed by atoms with van der Waals surface area (Å²) in [6, 6.07) is 21.0. The van der Waals surface area contributed by atoms with Crippen LogP contribution in [-0.2, 0) is 4.74 Å². The van der Waals surface area contributed by atoms with Crippen molar-refractivity contribution in [2.24, 2.45) is 0 Å². The number of aromatic nitrogens is 2. The van der Waals surface area contributed by atoms with E-state index in [1.54, 1.807) is 12.3 Å². The first-order chi connectivity index (χ1) is 18.5. The highest BCUT2D eigenvalue weighted by Gasteiger charge is 2.42. The zero-order chi connectivity index (χ0) is 26.4. The number of aryl methyl sites for hydroxylation is 1. The fourth-order valence-corrected chi connectivity index (χ4v) is 5.70. The van der Waals surface area contributed by atoms with Gasteiger partial charge in [0.05, 0.1) is 30.5 Å². The maximum atomic E-state index is 12.2. The quantitative estimate of drug-likeness (QED) is 0.282. The molecule has 2 aliphatic heterocycles. The first-order valence-electron chi connectivity index (χ1n) is 12.2. The number of methoxy groups -OCH3 is 1. The van der Waals surface area contributed by atoms with Crippen LogP contribution >= 0.6 is 12.2 Å². The van der Waals surface area contributed by atoms with Crippen molar-refractivity contribution in [2.45, 2.75) is 25.9 Å². The Morgan fingerprint density at radius 3 is 2.66 bits per heavy atom. The molecule has 0 unspecified atom stereocenters. The van der Waals surface area contributed by atoms with Gasteiger partial charge < -0.3 is 29.0 Å². The molecule has 0 spiro atoms. The Hall–Kier alpha value is -4.37. The average Bonchev–Trinajstić information content (AvgIpc) is 3.63. The molecule has 2 atom stereocenters. The van der Waals surface area contributed by atoms with E-state index in [4.69, 9.17) is 26.4 Å². The molecule has 2 aromatic carbocycles. The molecular weight excluding hydrogens is 500 g/mol. The molecule has 38 heavy (non-hydrogen) atoms. The Balaban J connectivity index is 1.49. The maximum absolute atomic E-state index is 12.2. The summed E-state index contributed by atoms with van der Waals surface area (Å²) in [5.74, 6) is 1.04. The van der Waals surface area contributed by atoms with E-state index in [0.29, 0.717) is 22.2 Å². The van der Waals surface area contributed by atoms with Crippen LogP contribution in [0.15, 0.2) is 72.9 Å². The molecule has 192 valence electrons. The zero-order valence-corrected chi connectivity index (χ0v) is 22.0. The Labute approximate surface area is 225 Å². The SMILES string of the molecule is COC(=O)c1cccc(-n2c(C)cc([C@H]3[C@@H](c4ccccn4)NC(=S)N3c3ccc4c(c3)OCO4)c2C)c1. The lowest BCUT2D eigenvalue weighted by atomic mass is 9.96. The van der Waals surface area contributed by atoms with E-state index in [1.165, 1.54) is 7.11 Å². The molecule has 2 aromatic heterocycles. The summed E-state index contributed by atoms with van der Waals surface area (Å²) in [6.45, 7) is 4.35. The monoisotopic (exact) mass is 526 g/mol. The van der Waals surface area contributed by atoms with Crippen molar-refractivity contribution in [3.8, 4) is 17.2 Å². The summed E-state index contributed by atoms with van der Waals surface area (Å²) in [5, 5.41) is 4.11. The number of carbonyl (C=O) groups is 1. The van der Waals surface area contributed by atoms with Gasteiger partial charge in [0.25, 0.3) is 0 Å². The largest absolute Gasteiger partial charge is 0.465 e. The predicted octanol–water partition coefficient (Wildman–Crippen LogP) is 5.18. The topological polar surface area (TPSA) is 77.9 Å². The van der Waals surface area contributed by atoms with Gasteiger partial charge in [-0.3, -0.25) is 4.98 Å². The maximum Gasteiger partial charge on any atom is 0.337 e. The normalized spacial score (nSPS) is 18.0. The molecule has 0 radical (unpaired) electrons. The second kappa shape index (κ2) is 9.50. The molecule has 0 bridgehead atoms. The van der Waals surface area contributed by atoms with Gasteiger partial charge in [-0.15, -0.1) is 0 Å². The number of ether oxygens (including phenoxy) is 3. The Morgan fingerprint density at radius 2 is 1.87 bits per heavy atom. The molecule has 0 amide bonds. The van der Waals surface area contributed by atoms with Crippen LogP contribution in [-0.4, -0.2) is 34.5 Å². The van der Waals surface area contributed by atoms with E-state index in [9.17, 15) is 4.79 Å². The van der Waals surface area contributed by atoms with Gasteiger partial charge in [-0.2, -0.15) is 0 Å². The number of nitrogens with one attached hydrogen (secondary N) is 1. The summed E-state index contributed by atoms with van der Waals surface area (Å²) in [6.07, 6.45) is 1.79. The third kappa shape index (κ3) is 3.95. The molecule has 1 saturated heterocycles. The van der Waals surface area contributed by atoms with E-state index in [0.717, 1.165) is 34.0 Å². The van der Waals surface area contributed by atoms with Crippen molar-refractivity contribution >= 4 is 29.0 Å². The molecular formula is C29H26N4O4S. The van der Waals surface area contributed by atoms with E-state index in [-0.39, 0.29) is 24.8 Å². The Bertz CT molecular complexity index is 1550. The molecule has 6 rings (SSSR count). The Morgan fingerprint density at radius 1 is 1.03 bits per heavy atom. The summed E-state index contributed by atoms with van der Waals surface area (Å²) < 4.78 is 18.3. The highest BCUT2D eigenvalue weighted by molar-refractivity contribution is 7.80. The molecule has 1 fully saturated rings. The van der Waals surface area contributed by atoms with Gasteiger partial charge in [-0.1, -0.05) is 12.1 Å². The number of hydrogen-bond acceptors (Lipinski definition) is 6. The minimum Gasteiger partial charge on any atom is -0.465 e. The van der Waals surface area contributed by atoms with Crippen LogP contribution in [0.4, 0.5) is 5.69 Å². The van der Waals surface area contributed by atoms with Crippen LogP contribution in [0.3, 0.4) is 0 Å². The number of benzene rings is 2. The molecule has 9 heteroatoms. The minimum absolute atomic E-state index is 0.190. The summed E-state index contributed by atoms with van der Waals surface area (Å²) >= 11 is 5.90. The zero-order valence-electron chi connectivity index (χ0n) is 21.2. The van der Waals surface area contributed by atoms with Gasteiger partial charge >= 0.3 is 5.97 Å². The van der Waals surface area contributed by atoms with E-state index < -0.39 is 0 Å². The van der Waals surface area contributed by atoms with Crippen molar-refractivity contribution in [3.63, 3.8) is 0 Å². The number of hydrogen-bond donors (Lipinski definition) is 1. The summed E-state index contributed by atoms with van der Waals surface area (Å²) in [4.78, 5) is 19.0. The van der Waals surface area contributed by atoms with Crippen molar-refractivity contribution in [3.05, 3.63) is 101 Å². The van der Waals surface area contributed by atoms with Crippen molar-refractivity contribution in [1.29, 1.82) is 0 Å². The minimum atomic E-state index is -0.371. The second-order valence-corrected chi connectivity index (χ2v) is 9.62. The lowest BCUT2D eigenvalue weighted by Gasteiger charge is -2.28. The number of anilines is 1. The fraction of sp³-hybridized carbons (Fsp3) is 0.207.